The van der Waals surface area contributed by atoms with Gasteiger partial charge in [0.2, 0.25) is 6.08 Å². The summed E-state index contributed by atoms with van der Waals surface area (Å²) in [6.07, 6.45) is 1.47. The number of carbonyl (C=O) groups excluding carboxylic acids is 1. The summed E-state index contributed by atoms with van der Waals surface area (Å²) in [4.78, 5) is 13.5. The standard InChI is InChI=1S/C10H10ClNO2/c1-6-3-9(14)10(11)7(2)8(6)4-12-5-13/h3,14H,4H2,1-2H3. The van der Waals surface area contributed by atoms with Crippen LogP contribution in [0.25, 0.3) is 0 Å². The number of benzene rings is 1. The first-order chi connectivity index (χ1) is 6.57. The van der Waals surface area contributed by atoms with Crippen LogP contribution in [0.1, 0.15) is 16.7 Å². The van der Waals surface area contributed by atoms with Gasteiger partial charge in [-0.1, -0.05) is 11.6 Å². The summed E-state index contributed by atoms with van der Waals surface area (Å²) in [7, 11) is 0. The molecule has 0 saturated heterocycles. The molecule has 4 heteroatoms. The van der Waals surface area contributed by atoms with Gasteiger partial charge in [-0.15, -0.1) is 0 Å². The van der Waals surface area contributed by atoms with Crippen molar-refractivity contribution in [3.05, 3.63) is 27.8 Å². The fraction of sp³-hybridized carbons (Fsp3) is 0.300. The zero-order valence-corrected chi connectivity index (χ0v) is 8.72. The Labute approximate surface area is 87.0 Å². The lowest BCUT2D eigenvalue weighted by Gasteiger charge is -2.09. The lowest BCUT2D eigenvalue weighted by Crippen LogP contribution is -1.93. The van der Waals surface area contributed by atoms with Crippen LogP contribution in [0.4, 0.5) is 0 Å². The molecule has 0 spiro atoms. The number of aliphatic imine (C=N–C) groups is 1. The summed E-state index contributed by atoms with van der Waals surface area (Å²) in [6.45, 7) is 3.87. The van der Waals surface area contributed by atoms with E-state index in [-0.39, 0.29) is 12.3 Å². The summed E-state index contributed by atoms with van der Waals surface area (Å²) in [5.74, 6) is 0.0560. The van der Waals surface area contributed by atoms with E-state index in [0.717, 1.165) is 16.7 Å². The van der Waals surface area contributed by atoms with E-state index in [0.29, 0.717) is 5.02 Å². The Kier molecular flexibility index (Phi) is 3.28. The molecular formula is C10H10ClNO2. The molecular weight excluding hydrogens is 202 g/mol. The van der Waals surface area contributed by atoms with Crippen molar-refractivity contribution in [2.45, 2.75) is 20.4 Å². The maximum atomic E-state index is 9.98. The molecule has 74 valence electrons. The Morgan fingerprint density at radius 1 is 1.57 bits per heavy atom. The summed E-state index contributed by atoms with van der Waals surface area (Å²) >= 11 is 5.84. The first kappa shape index (κ1) is 10.8. The highest BCUT2D eigenvalue weighted by molar-refractivity contribution is 6.32. The van der Waals surface area contributed by atoms with E-state index >= 15 is 0 Å². The van der Waals surface area contributed by atoms with Gasteiger partial charge in [-0.25, -0.2) is 9.79 Å². The highest BCUT2D eigenvalue weighted by Crippen LogP contribution is 2.31. The monoisotopic (exact) mass is 211 g/mol. The Morgan fingerprint density at radius 3 is 2.79 bits per heavy atom. The number of aryl methyl sites for hydroxylation is 1. The van der Waals surface area contributed by atoms with Gasteiger partial charge in [-0.3, -0.25) is 0 Å². The average molecular weight is 212 g/mol. The minimum Gasteiger partial charge on any atom is -0.506 e. The van der Waals surface area contributed by atoms with Crippen LogP contribution < -0.4 is 0 Å². The van der Waals surface area contributed by atoms with Crippen LogP contribution in [-0.4, -0.2) is 11.2 Å². The number of isocyanates is 1. The molecule has 0 aliphatic carbocycles. The second-order valence-corrected chi connectivity index (χ2v) is 3.42. The third-order valence-corrected chi connectivity index (χ3v) is 2.61. The van der Waals surface area contributed by atoms with Gasteiger partial charge in [-0.2, -0.15) is 0 Å². The zero-order chi connectivity index (χ0) is 10.7. The van der Waals surface area contributed by atoms with Crippen molar-refractivity contribution in [2.75, 3.05) is 0 Å². The molecule has 1 rings (SSSR count). The van der Waals surface area contributed by atoms with Gasteiger partial charge in [0, 0.05) is 0 Å². The van der Waals surface area contributed by atoms with E-state index in [4.69, 9.17) is 11.6 Å². The molecule has 0 fully saturated rings. The average Bonchev–Trinajstić information content (AvgIpc) is 2.14. The summed E-state index contributed by atoms with van der Waals surface area (Å²) < 4.78 is 0. The third-order valence-electron chi connectivity index (χ3n) is 2.14. The van der Waals surface area contributed by atoms with Crippen LogP contribution in [0.3, 0.4) is 0 Å². The van der Waals surface area contributed by atoms with Crippen LogP contribution in [0.15, 0.2) is 11.1 Å². The number of nitrogens with zero attached hydrogens (tertiary/aromatic N) is 1. The highest BCUT2D eigenvalue weighted by Gasteiger charge is 2.10. The Balaban J connectivity index is 3.28. The first-order valence-electron chi connectivity index (χ1n) is 4.09. The van der Waals surface area contributed by atoms with E-state index in [1.54, 1.807) is 13.0 Å². The molecule has 0 aliphatic rings. The van der Waals surface area contributed by atoms with E-state index in [1.165, 1.54) is 6.08 Å². The summed E-state index contributed by atoms with van der Waals surface area (Å²) in [6, 6.07) is 1.56. The maximum absolute atomic E-state index is 9.98. The molecule has 0 heterocycles. The van der Waals surface area contributed by atoms with Gasteiger partial charge >= 0.3 is 0 Å². The number of phenolic OH excluding ortho intramolecular Hbond substituents is 1. The number of phenols is 1. The van der Waals surface area contributed by atoms with Crippen molar-refractivity contribution in [3.8, 4) is 5.75 Å². The molecule has 0 aliphatic heterocycles. The van der Waals surface area contributed by atoms with E-state index in [1.807, 2.05) is 6.92 Å². The van der Waals surface area contributed by atoms with Gasteiger partial charge in [0.25, 0.3) is 0 Å². The molecule has 0 bridgehead atoms. The first-order valence-corrected chi connectivity index (χ1v) is 4.47. The zero-order valence-electron chi connectivity index (χ0n) is 7.97. The normalized spacial score (nSPS) is 9.64. The second kappa shape index (κ2) is 4.27. The van der Waals surface area contributed by atoms with Gasteiger partial charge in [0.05, 0.1) is 11.6 Å². The Hall–Kier alpha value is -1.31. The van der Waals surface area contributed by atoms with Crippen molar-refractivity contribution in [1.82, 2.24) is 0 Å². The van der Waals surface area contributed by atoms with E-state index in [2.05, 4.69) is 4.99 Å². The molecule has 1 aromatic carbocycles. The number of hydrogen-bond acceptors (Lipinski definition) is 3. The molecule has 14 heavy (non-hydrogen) atoms. The van der Waals surface area contributed by atoms with Crippen LogP contribution in [0.5, 0.6) is 5.75 Å². The number of hydrogen-bond donors (Lipinski definition) is 1. The molecule has 1 N–H and O–H groups in total. The molecule has 0 radical (unpaired) electrons. The van der Waals surface area contributed by atoms with Crippen LogP contribution in [0, 0.1) is 13.8 Å². The lowest BCUT2D eigenvalue weighted by molar-refractivity contribution is 0.474. The number of halogens is 1. The van der Waals surface area contributed by atoms with Crippen molar-refractivity contribution >= 4 is 17.7 Å². The lowest BCUT2D eigenvalue weighted by atomic mass is 10.0. The SMILES string of the molecule is Cc1cc(O)c(Cl)c(C)c1CN=C=O. The molecule has 0 atom stereocenters. The quantitative estimate of drug-likeness (QED) is 0.604. The highest BCUT2D eigenvalue weighted by atomic mass is 35.5. The number of rotatable bonds is 2. The van der Waals surface area contributed by atoms with E-state index in [9.17, 15) is 9.90 Å². The van der Waals surface area contributed by atoms with E-state index < -0.39 is 0 Å². The van der Waals surface area contributed by atoms with Crippen molar-refractivity contribution < 1.29 is 9.90 Å². The van der Waals surface area contributed by atoms with Gasteiger partial charge in [0.15, 0.2) is 0 Å². The predicted molar refractivity (Wildman–Crippen MR) is 54.4 cm³/mol. The summed E-state index contributed by atoms with van der Waals surface area (Å²) in [5.41, 5.74) is 2.47. The fourth-order valence-corrected chi connectivity index (χ4v) is 1.50. The van der Waals surface area contributed by atoms with Crippen LogP contribution in [-0.2, 0) is 11.3 Å². The van der Waals surface area contributed by atoms with Crippen LogP contribution in [0.2, 0.25) is 5.02 Å². The minimum absolute atomic E-state index is 0.0560. The summed E-state index contributed by atoms with van der Waals surface area (Å²) in [5, 5.41) is 9.70. The third kappa shape index (κ3) is 1.95. The minimum atomic E-state index is 0.0560. The molecule has 0 amide bonds. The fourth-order valence-electron chi connectivity index (χ4n) is 1.33. The second-order valence-electron chi connectivity index (χ2n) is 3.04. The smallest absolute Gasteiger partial charge is 0.235 e. The van der Waals surface area contributed by atoms with Crippen LogP contribution >= 0.6 is 11.6 Å². The van der Waals surface area contributed by atoms with Crippen molar-refractivity contribution in [1.29, 1.82) is 0 Å². The van der Waals surface area contributed by atoms with Gasteiger partial charge in [0.1, 0.15) is 5.75 Å². The van der Waals surface area contributed by atoms with Gasteiger partial charge < -0.3 is 5.11 Å². The predicted octanol–water partition coefficient (Wildman–Crippen LogP) is 2.50. The molecule has 1 aromatic rings. The molecule has 0 aromatic heterocycles. The Morgan fingerprint density at radius 2 is 2.21 bits per heavy atom. The maximum Gasteiger partial charge on any atom is 0.235 e. The molecule has 0 unspecified atom stereocenters. The van der Waals surface area contributed by atoms with Gasteiger partial charge in [-0.05, 0) is 36.6 Å². The molecule has 0 saturated carbocycles. The van der Waals surface area contributed by atoms with Crippen molar-refractivity contribution in [2.24, 2.45) is 4.99 Å². The molecule has 3 nitrogen and oxygen atoms in total. The van der Waals surface area contributed by atoms with Crippen molar-refractivity contribution in [3.63, 3.8) is 0 Å². The largest absolute Gasteiger partial charge is 0.506 e. The Bertz CT molecular complexity index is 409. The topological polar surface area (TPSA) is 49.7 Å². The number of aromatic hydroxyl groups is 1.